The number of hydrogen-bond donors (Lipinski definition) is 0. The Morgan fingerprint density at radius 2 is 1.97 bits per heavy atom. The first-order valence-corrected chi connectivity index (χ1v) is 8.91. The minimum Gasteiger partial charge on any atom is -0.433 e. The molecule has 1 aliphatic rings. The molecule has 3 rings (SSSR count). The van der Waals surface area contributed by atoms with E-state index in [9.17, 15) is 23.2 Å². The van der Waals surface area contributed by atoms with Crippen LogP contribution in [0, 0.1) is 22.6 Å². The van der Waals surface area contributed by atoms with Gasteiger partial charge in [0.25, 0.3) is 0 Å². The van der Waals surface area contributed by atoms with Gasteiger partial charge in [0.15, 0.2) is 5.78 Å². The standard InChI is InChI=1S/C21H18F3N3O3/c1-20(2)11-21(29-3,6-13(7-25)18(20)28)17-16(5-14(22)9-27-17)12-4-15(10-26-8-12)30-19(23)24/h4-6,8-10,19H,11H2,1-3H3. The molecule has 0 amide bonds. The summed E-state index contributed by atoms with van der Waals surface area (Å²) in [5.74, 6) is -1.22. The van der Waals surface area contributed by atoms with Crippen LogP contribution in [0.2, 0.25) is 0 Å². The topological polar surface area (TPSA) is 85.1 Å². The van der Waals surface area contributed by atoms with E-state index in [1.54, 1.807) is 13.8 Å². The van der Waals surface area contributed by atoms with Crippen LogP contribution in [-0.4, -0.2) is 29.5 Å². The van der Waals surface area contributed by atoms with E-state index in [4.69, 9.17) is 4.74 Å². The van der Waals surface area contributed by atoms with Gasteiger partial charge in [0.2, 0.25) is 0 Å². The lowest BCUT2D eigenvalue weighted by molar-refractivity contribution is -0.128. The summed E-state index contributed by atoms with van der Waals surface area (Å²) >= 11 is 0. The number of carbonyl (C=O) groups excluding carboxylic acids is 1. The Morgan fingerprint density at radius 3 is 2.60 bits per heavy atom. The minimum atomic E-state index is -3.05. The van der Waals surface area contributed by atoms with Gasteiger partial charge in [0.05, 0.1) is 23.7 Å². The lowest BCUT2D eigenvalue weighted by Gasteiger charge is -2.40. The molecule has 9 heteroatoms. The second-order valence-electron chi connectivity index (χ2n) is 7.49. The van der Waals surface area contributed by atoms with Gasteiger partial charge in [-0.05, 0) is 24.6 Å². The third kappa shape index (κ3) is 3.91. The molecular formula is C21H18F3N3O3. The zero-order valence-corrected chi connectivity index (χ0v) is 16.4. The zero-order chi connectivity index (χ0) is 22.1. The van der Waals surface area contributed by atoms with Crippen LogP contribution in [-0.2, 0) is 15.1 Å². The summed E-state index contributed by atoms with van der Waals surface area (Å²) in [6, 6.07) is 4.32. The Morgan fingerprint density at radius 1 is 1.23 bits per heavy atom. The highest BCUT2D eigenvalue weighted by molar-refractivity contribution is 6.04. The van der Waals surface area contributed by atoms with E-state index < -0.39 is 23.4 Å². The van der Waals surface area contributed by atoms with Crippen LogP contribution in [0.5, 0.6) is 5.75 Å². The van der Waals surface area contributed by atoms with Crippen LogP contribution in [0.1, 0.15) is 26.0 Å². The van der Waals surface area contributed by atoms with E-state index in [2.05, 4.69) is 14.7 Å². The number of aromatic nitrogens is 2. The number of Topliss-reactive ketones (excluding diaryl/α,β-unsaturated/α-hetero) is 1. The smallest absolute Gasteiger partial charge is 0.387 e. The van der Waals surface area contributed by atoms with Gasteiger partial charge in [-0.25, -0.2) is 4.39 Å². The van der Waals surface area contributed by atoms with Crippen molar-refractivity contribution >= 4 is 5.78 Å². The third-order valence-electron chi connectivity index (χ3n) is 4.93. The summed E-state index contributed by atoms with van der Waals surface area (Å²) < 4.78 is 49.4. The van der Waals surface area contributed by atoms with Crippen LogP contribution in [0.3, 0.4) is 0 Å². The van der Waals surface area contributed by atoms with E-state index >= 15 is 0 Å². The minimum absolute atomic E-state index is 0.0990. The molecule has 0 aromatic carbocycles. The maximum atomic E-state index is 14.1. The van der Waals surface area contributed by atoms with Gasteiger partial charge in [0.1, 0.15) is 23.2 Å². The number of nitrogens with zero attached hydrogens (tertiary/aromatic N) is 3. The Balaban J connectivity index is 2.24. The number of halogens is 3. The fraction of sp³-hybridized carbons (Fsp3) is 0.333. The Labute approximate surface area is 171 Å². The predicted molar refractivity (Wildman–Crippen MR) is 99.8 cm³/mol. The second kappa shape index (κ2) is 7.88. The van der Waals surface area contributed by atoms with Crippen LogP contribution < -0.4 is 4.74 Å². The summed E-state index contributed by atoms with van der Waals surface area (Å²) in [6.07, 6.45) is 4.93. The summed E-state index contributed by atoms with van der Waals surface area (Å²) in [7, 11) is 1.39. The molecule has 0 fully saturated rings. The molecule has 0 spiro atoms. The van der Waals surface area contributed by atoms with Crippen molar-refractivity contribution < 1.29 is 27.4 Å². The van der Waals surface area contributed by atoms with Crippen molar-refractivity contribution in [2.24, 2.45) is 5.41 Å². The first-order chi connectivity index (χ1) is 14.1. The number of hydrogen-bond acceptors (Lipinski definition) is 6. The molecule has 0 radical (unpaired) electrons. The van der Waals surface area contributed by atoms with Crippen molar-refractivity contribution in [2.45, 2.75) is 32.5 Å². The van der Waals surface area contributed by atoms with Crippen molar-refractivity contribution in [2.75, 3.05) is 7.11 Å². The number of methoxy groups -OCH3 is 1. The highest BCUT2D eigenvalue weighted by Crippen LogP contribution is 2.47. The van der Waals surface area contributed by atoms with Gasteiger partial charge in [-0.2, -0.15) is 14.0 Å². The van der Waals surface area contributed by atoms with Crippen LogP contribution in [0.15, 0.2) is 42.4 Å². The molecule has 0 saturated carbocycles. The zero-order valence-electron chi connectivity index (χ0n) is 16.4. The molecule has 0 saturated heterocycles. The SMILES string of the molecule is COC1(c2ncc(F)cc2-c2cncc(OC(F)F)c2)C=C(C#N)C(=O)C(C)(C)C1. The molecule has 1 unspecified atom stereocenters. The number of rotatable bonds is 5. The van der Waals surface area contributed by atoms with E-state index in [0.717, 1.165) is 18.5 Å². The number of ketones is 1. The highest BCUT2D eigenvalue weighted by Gasteiger charge is 2.48. The fourth-order valence-electron chi connectivity index (χ4n) is 3.64. The molecule has 2 aromatic heterocycles. The average molecular weight is 417 g/mol. The average Bonchev–Trinajstić information content (AvgIpc) is 2.69. The number of carbonyl (C=O) groups is 1. The first-order valence-electron chi connectivity index (χ1n) is 8.91. The van der Waals surface area contributed by atoms with E-state index in [-0.39, 0.29) is 40.3 Å². The van der Waals surface area contributed by atoms with Gasteiger partial charge in [-0.15, -0.1) is 0 Å². The molecule has 2 aromatic rings. The van der Waals surface area contributed by atoms with Gasteiger partial charge in [0, 0.05) is 29.8 Å². The maximum absolute atomic E-state index is 14.1. The normalized spacial score (nSPS) is 20.6. The lowest BCUT2D eigenvalue weighted by atomic mass is 9.68. The van der Waals surface area contributed by atoms with Gasteiger partial charge >= 0.3 is 6.61 Å². The number of nitriles is 1. The summed E-state index contributed by atoms with van der Waals surface area (Å²) in [4.78, 5) is 20.6. The molecule has 0 N–H and O–H groups in total. The number of alkyl halides is 2. The van der Waals surface area contributed by atoms with Gasteiger partial charge in [-0.3, -0.25) is 14.8 Å². The first kappa shape index (κ1) is 21.5. The Hall–Kier alpha value is -3.25. The molecule has 156 valence electrons. The molecule has 2 heterocycles. The molecule has 0 bridgehead atoms. The van der Waals surface area contributed by atoms with Gasteiger partial charge in [-0.1, -0.05) is 13.8 Å². The molecule has 1 aliphatic carbocycles. The van der Waals surface area contributed by atoms with Gasteiger partial charge < -0.3 is 9.47 Å². The third-order valence-corrected chi connectivity index (χ3v) is 4.93. The van der Waals surface area contributed by atoms with Crippen molar-refractivity contribution in [3.05, 3.63) is 53.9 Å². The summed E-state index contributed by atoms with van der Waals surface area (Å²) in [5, 5.41) is 9.45. The molecular weight excluding hydrogens is 399 g/mol. The maximum Gasteiger partial charge on any atom is 0.387 e. The highest BCUT2D eigenvalue weighted by atomic mass is 19.3. The summed E-state index contributed by atoms with van der Waals surface area (Å²) in [6.45, 7) is 0.300. The van der Waals surface area contributed by atoms with Crippen LogP contribution in [0.4, 0.5) is 13.2 Å². The van der Waals surface area contributed by atoms with Crippen molar-refractivity contribution in [3.8, 4) is 22.9 Å². The number of ether oxygens (including phenoxy) is 2. The van der Waals surface area contributed by atoms with Crippen molar-refractivity contribution in [1.29, 1.82) is 5.26 Å². The predicted octanol–water partition coefficient (Wildman–Crippen LogP) is 4.17. The van der Waals surface area contributed by atoms with Crippen molar-refractivity contribution in [1.82, 2.24) is 9.97 Å². The Bertz CT molecular complexity index is 1060. The number of pyridine rings is 2. The van der Waals surface area contributed by atoms with E-state index in [1.165, 1.54) is 25.4 Å². The monoisotopic (exact) mass is 417 g/mol. The fourth-order valence-corrected chi connectivity index (χ4v) is 3.64. The molecule has 1 atom stereocenters. The Kier molecular flexibility index (Phi) is 5.63. The molecule has 6 nitrogen and oxygen atoms in total. The summed E-state index contributed by atoms with van der Waals surface area (Å²) in [5.41, 5.74) is -1.70. The lowest BCUT2D eigenvalue weighted by Crippen LogP contribution is -2.43. The molecule has 0 aliphatic heterocycles. The van der Waals surface area contributed by atoms with E-state index in [1.807, 2.05) is 6.07 Å². The molecule has 30 heavy (non-hydrogen) atoms. The largest absolute Gasteiger partial charge is 0.433 e. The van der Waals surface area contributed by atoms with Crippen LogP contribution >= 0.6 is 0 Å². The quantitative estimate of drug-likeness (QED) is 0.726. The van der Waals surface area contributed by atoms with E-state index in [0.29, 0.717) is 0 Å². The van der Waals surface area contributed by atoms with Crippen LogP contribution in [0.25, 0.3) is 11.1 Å². The number of allylic oxidation sites excluding steroid dienone is 1. The van der Waals surface area contributed by atoms with Crippen molar-refractivity contribution in [3.63, 3.8) is 0 Å². The second-order valence-corrected chi connectivity index (χ2v) is 7.49.